The maximum absolute atomic E-state index is 13.1. The summed E-state index contributed by atoms with van der Waals surface area (Å²) < 4.78 is 60.1. The summed E-state index contributed by atoms with van der Waals surface area (Å²) in [4.78, 5) is -1.15. The molecule has 0 aliphatic heterocycles. The second-order valence-electron chi connectivity index (χ2n) is 2.34. The van der Waals surface area contributed by atoms with E-state index in [1.165, 1.54) is 0 Å². The van der Waals surface area contributed by atoms with E-state index in [-0.39, 0.29) is 12.0 Å². The average molecular weight is 260 g/mol. The van der Waals surface area contributed by atoms with Gasteiger partial charge in [0.2, 0.25) is 11.6 Å². The molecule has 0 spiro atoms. The zero-order valence-corrected chi connectivity index (χ0v) is 8.41. The van der Waals surface area contributed by atoms with Crippen LogP contribution in [0.25, 0.3) is 0 Å². The predicted molar refractivity (Wildman–Crippen MR) is 43.5 cm³/mol. The van der Waals surface area contributed by atoms with E-state index in [4.69, 9.17) is 5.26 Å². The van der Waals surface area contributed by atoms with Gasteiger partial charge in [-0.2, -0.15) is 8.78 Å². The molecule has 0 amide bonds. The first-order valence-corrected chi connectivity index (χ1v) is 4.33. The zero-order valence-electron chi connectivity index (χ0n) is 7.59. The Morgan fingerprint density at radius 3 is 1.88 bits per heavy atom. The van der Waals surface area contributed by atoms with Gasteiger partial charge >= 0.3 is 0 Å². The topological polar surface area (TPSA) is 47.9 Å². The van der Waals surface area contributed by atoms with Gasteiger partial charge in [0, 0.05) is 0 Å². The van der Waals surface area contributed by atoms with Gasteiger partial charge in [-0.15, -0.1) is 4.33 Å². The summed E-state index contributed by atoms with van der Waals surface area (Å²) >= 11 is -0.237. The molecule has 1 rings (SSSR count). The Bertz CT molecular complexity index is 371. The maximum atomic E-state index is 13.1. The maximum Gasteiger partial charge on any atom is 0.205 e. The van der Waals surface area contributed by atoms with Crippen molar-refractivity contribution in [3.63, 3.8) is 0 Å². The summed E-state index contributed by atoms with van der Waals surface area (Å²) in [6, 6.07) is 0. The van der Waals surface area contributed by atoms with Gasteiger partial charge in [-0.05, 0) is 0 Å². The van der Waals surface area contributed by atoms with E-state index in [2.05, 4.69) is 14.1 Å². The molecule has 90 valence electrons. The number of halogens is 4. The molecule has 1 aromatic rings. The molecule has 1 N–H and O–H groups in total. The van der Waals surface area contributed by atoms with E-state index >= 15 is 0 Å². The van der Waals surface area contributed by atoms with E-state index in [1.807, 2.05) is 0 Å². The van der Waals surface area contributed by atoms with Crippen molar-refractivity contribution in [2.75, 3.05) is 7.11 Å². The highest BCUT2D eigenvalue weighted by Crippen LogP contribution is 2.35. The van der Waals surface area contributed by atoms with Crippen LogP contribution in [0, 0.1) is 23.3 Å². The molecule has 0 aliphatic carbocycles. The van der Waals surface area contributed by atoms with E-state index in [0.717, 1.165) is 7.11 Å². The van der Waals surface area contributed by atoms with Gasteiger partial charge in [-0.1, -0.05) is 5.04 Å². The molecule has 0 heterocycles. The highest BCUT2D eigenvalue weighted by atomic mass is 32.2. The van der Waals surface area contributed by atoms with E-state index < -0.39 is 33.9 Å². The van der Waals surface area contributed by atoms with Crippen LogP contribution in [0.15, 0.2) is 4.90 Å². The second kappa shape index (κ2) is 5.34. The quantitative estimate of drug-likeness (QED) is 0.296. The van der Waals surface area contributed by atoms with Crippen LogP contribution in [0.5, 0.6) is 5.75 Å². The van der Waals surface area contributed by atoms with Gasteiger partial charge in [0.25, 0.3) is 0 Å². The highest BCUT2D eigenvalue weighted by molar-refractivity contribution is 7.94. The summed E-state index contributed by atoms with van der Waals surface area (Å²) in [5, 5.41) is 10.8. The van der Waals surface area contributed by atoms with Crippen LogP contribution >= 0.6 is 12.0 Å². The highest BCUT2D eigenvalue weighted by Gasteiger charge is 2.27. The summed E-state index contributed by atoms with van der Waals surface area (Å²) in [5.41, 5.74) is 0. The third-order valence-corrected chi connectivity index (χ3v) is 2.19. The fraction of sp³-hybridized carbons (Fsp3) is 0.143. The summed E-state index contributed by atoms with van der Waals surface area (Å²) in [6.07, 6.45) is 0. The lowest BCUT2D eigenvalue weighted by Crippen LogP contribution is -2.03. The first kappa shape index (κ1) is 13.0. The third-order valence-electron chi connectivity index (χ3n) is 1.53. The number of ether oxygens (including phenoxy) is 1. The summed E-state index contributed by atoms with van der Waals surface area (Å²) in [7, 11) is 0.848. The van der Waals surface area contributed by atoms with Crippen molar-refractivity contribution in [1.29, 1.82) is 0 Å². The number of benzene rings is 1. The first-order valence-electron chi connectivity index (χ1n) is 3.59. The van der Waals surface area contributed by atoms with Crippen LogP contribution in [-0.2, 0) is 9.37 Å². The van der Waals surface area contributed by atoms with Crippen LogP contribution in [0.2, 0.25) is 0 Å². The van der Waals surface area contributed by atoms with Gasteiger partial charge in [-0.25, -0.2) is 14.0 Å². The van der Waals surface area contributed by atoms with Gasteiger partial charge in [0.1, 0.15) is 4.90 Å². The van der Waals surface area contributed by atoms with Crippen LogP contribution in [0.1, 0.15) is 0 Å². The molecule has 0 saturated carbocycles. The second-order valence-corrected chi connectivity index (χ2v) is 3.06. The van der Waals surface area contributed by atoms with Crippen LogP contribution in [0.3, 0.4) is 0 Å². The van der Waals surface area contributed by atoms with Crippen LogP contribution < -0.4 is 4.74 Å². The van der Waals surface area contributed by atoms with E-state index in [9.17, 15) is 17.6 Å². The van der Waals surface area contributed by atoms with Crippen molar-refractivity contribution in [3.8, 4) is 5.75 Å². The predicted octanol–water partition coefficient (Wildman–Crippen LogP) is 2.68. The first-order chi connectivity index (χ1) is 7.54. The SMILES string of the molecule is COc1c(F)c(F)c(SOOO)c(F)c1F. The monoisotopic (exact) mass is 260 g/mol. The van der Waals surface area contributed by atoms with Crippen LogP contribution in [-0.4, -0.2) is 12.4 Å². The number of rotatable bonds is 4. The van der Waals surface area contributed by atoms with Gasteiger partial charge in [0.15, 0.2) is 17.4 Å². The lowest BCUT2D eigenvalue weighted by molar-refractivity contribution is -0.432. The zero-order chi connectivity index (χ0) is 12.3. The van der Waals surface area contributed by atoms with Crippen molar-refractivity contribution in [1.82, 2.24) is 0 Å². The van der Waals surface area contributed by atoms with Crippen molar-refractivity contribution in [2.24, 2.45) is 0 Å². The minimum absolute atomic E-state index is 0.237. The molecule has 0 bridgehead atoms. The average Bonchev–Trinajstić information content (AvgIpc) is 2.27. The van der Waals surface area contributed by atoms with Crippen molar-refractivity contribution in [2.45, 2.75) is 4.90 Å². The third kappa shape index (κ3) is 2.21. The molecule has 0 fully saturated rings. The van der Waals surface area contributed by atoms with E-state index in [0.29, 0.717) is 0 Å². The Kier molecular flexibility index (Phi) is 4.35. The Hall–Kier alpha value is -1.03. The van der Waals surface area contributed by atoms with E-state index in [1.54, 1.807) is 0 Å². The molecular formula is C7H4F4O4S. The Labute approximate surface area is 90.8 Å². The lowest BCUT2D eigenvalue weighted by Gasteiger charge is -2.08. The molecule has 0 unspecified atom stereocenters. The van der Waals surface area contributed by atoms with Crippen molar-refractivity contribution in [3.05, 3.63) is 23.3 Å². The summed E-state index contributed by atoms with van der Waals surface area (Å²) in [6.45, 7) is 0. The normalized spacial score (nSPS) is 10.6. The smallest absolute Gasteiger partial charge is 0.205 e. The molecule has 0 radical (unpaired) electrons. The molecule has 0 saturated heterocycles. The van der Waals surface area contributed by atoms with Crippen molar-refractivity contribution >= 4 is 12.0 Å². The summed E-state index contributed by atoms with van der Waals surface area (Å²) in [5.74, 6) is -8.07. The Balaban J connectivity index is 3.29. The lowest BCUT2D eigenvalue weighted by atomic mass is 10.3. The molecule has 16 heavy (non-hydrogen) atoms. The fourth-order valence-electron chi connectivity index (χ4n) is 0.893. The molecule has 0 aromatic heterocycles. The molecule has 1 aromatic carbocycles. The van der Waals surface area contributed by atoms with Gasteiger partial charge in [0.05, 0.1) is 19.2 Å². The van der Waals surface area contributed by atoms with Gasteiger partial charge in [-0.3, -0.25) is 0 Å². The molecule has 0 atom stereocenters. The number of hydrogen-bond donors (Lipinski definition) is 1. The minimum Gasteiger partial charge on any atom is -0.491 e. The molecular weight excluding hydrogens is 256 g/mol. The standard InChI is InChI=1S/C7H4F4O4S/c1-13-6-2(8)4(10)7(16-15-14-12)5(11)3(6)9/h12H,1H3. The molecule has 4 nitrogen and oxygen atoms in total. The Morgan fingerprint density at radius 1 is 1.00 bits per heavy atom. The number of hydrogen-bond acceptors (Lipinski definition) is 5. The fourth-order valence-corrected chi connectivity index (χ4v) is 1.32. The minimum atomic E-state index is -1.72. The van der Waals surface area contributed by atoms with Crippen LogP contribution in [0.4, 0.5) is 17.6 Å². The molecule has 0 aliphatic rings. The number of methoxy groups -OCH3 is 1. The van der Waals surface area contributed by atoms with Gasteiger partial charge < -0.3 is 4.74 Å². The largest absolute Gasteiger partial charge is 0.491 e. The Morgan fingerprint density at radius 2 is 1.50 bits per heavy atom. The van der Waals surface area contributed by atoms with Crippen molar-refractivity contribution < 1.29 is 36.9 Å². The molecule has 9 heteroatoms.